The first kappa shape index (κ1) is 71.7. The Labute approximate surface area is 534 Å². The summed E-state index contributed by atoms with van der Waals surface area (Å²) in [5.74, 6) is 0. The summed E-state index contributed by atoms with van der Waals surface area (Å²) in [5, 5.41) is 18.3. The number of pyridine rings is 6. The van der Waals surface area contributed by atoms with Crippen LogP contribution in [-0.4, -0.2) is 68.5 Å². The Kier molecular flexibility index (Phi) is 33.3. The van der Waals surface area contributed by atoms with Crippen molar-refractivity contribution >= 4 is 51.4 Å². The van der Waals surface area contributed by atoms with Gasteiger partial charge in [0.05, 0.1) is 58.8 Å². The largest absolute Gasteiger partial charge is 0.404 e. The molecule has 0 N–H and O–H groups in total. The molecule has 0 amide bonds. The van der Waals surface area contributed by atoms with Crippen molar-refractivity contribution in [1.29, 1.82) is 10.8 Å². The smallest absolute Gasteiger partial charge is 0.288 e. The molecule has 0 aliphatic heterocycles. The van der Waals surface area contributed by atoms with Crippen LogP contribution in [0.5, 0.6) is 0 Å². The topological polar surface area (TPSA) is 143 Å². The molecule has 0 atom stereocenters. The molecule has 15 heteroatoms. The molecule has 0 spiro atoms. The van der Waals surface area contributed by atoms with Gasteiger partial charge in [0.1, 0.15) is 0 Å². The molecule has 0 bridgehead atoms. The minimum absolute atomic E-state index is 0. The molecule has 0 saturated carbocycles. The van der Waals surface area contributed by atoms with Crippen molar-refractivity contribution in [2.24, 2.45) is 0 Å². The molecular weight excluding hydrogens is 1200 g/mol. The minimum atomic E-state index is -2.52. The van der Waals surface area contributed by atoms with Gasteiger partial charge in [-0.2, -0.15) is 0 Å². The number of hydrogen-bond donors (Lipinski definition) is 0. The van der Waals surface area contributed by atoms with E-state index >= 15 is 0 Å². The Hall–Kier alpha value is -8.52. The van der Waals surface area contributed by atoms with Crippen molar-refractivity contribution in [3.05, 3.63) is 325 Å². The Balaban J connectivity index is 0.000000288. The van der Waals surface area contributed by atoms with Crippen LogP contribution in [0.4, 0.5) is 0 Å². The van der Waals surface area contributed by atoms with Gasteiger partial charge in [0.15, 0.2) is 0 Å². The molecular formula is C71H71Co2N8O2Si3-2. The van der Waals surface area contributed by atoms with Crippen LogP contribution in [0.1, 0.15) is 0 Å². The van der Waals surface area contributed by atoms with Crippen LogP contribution in [0.25, 0.3) is 45.6 Å². The molecule has 0 fully saturated rings. The van der Waals surface area contributed by atoms with E-state index in [0.717, 1.165) is 45.6 Å². The summed E-state index contributed by atoms with van der Waals surface area (Å²) in [6, 6.07) is 87.5. The maximum atomic E-state index is 6.56. The van der Waals surface area contributed by atoms with Gasteiger partial charge in [0.2, 0.25) is 0 Å². The molecule has 11 rings (SSSR count). The normalized spacial score (nSPS) is 10.0. The van der Waals surface area contributed by atoms with E-state index in [-0.39, 0.29) is 41.0 Å². The second kappa shape index (κ2) is 39.9. The predicted molar refractivity (Wildman–Crippen MR) is 354 cm³/mol. The maximum Gasteiger partial charge on any atom is 0.288 e. The van der Waals surface area contributed by atoms with E-state index < -0.39 is 25.4 Å². The van der Waals surface area contributed by atoms with E-state index in [1.807, 2.05) is 146 Å². The summed E-state index contributed by atoms with van der Waals surface area (Å²) in [6.07, 6.45) is 10.7. The third-order valence-electron chi connectivity index (χ3n) is 11.6. The van der Waals surface area contributed by atoms with Crippen molar-refractivity contribution in [1.82, 2.24) is 29.9 Å². The Morgan fingerprint density at radius 2 is 0.628 bits per heavy atom. The van der Waals surface area contributed by atoms with Crippen molar-refractivity contribution in [3.63, 3.8) is 0 Å². The van der Waals surface area contributed by atoms with Gasteiger partial charge in [0, 0.05) is 69.1 Å². The molecule has 5 aromatic carbocycles. The van der Waals surface area contributed by atoms with Crippen LogP contribution in [0.15, 0.2) is 311 Å². The predicted octanol–water partition coefficient (Wildman–Crippen LogP) is 13.4. The van der Waals surface area contributed by atoms with Gasteiger partial charge in [-0.25, -0.2) is 9.97 Å². The third-order valence-corrected chi connectivity index (χ3v) is 17.8. The average Bonchev–Trinajstić information content (AvgIpc) is 1.82. The fraction of sp³-hybridized carbons (Fsp3) is 0.0704. The van der Waals surface area contributed by atoms with Gasteiger partial charge < -0.3 is 22.8 Å². The quantitative estimate of drug-likeness (QED) is 0.0320. The fourth-order valence-corrected chi connectivity index (χ4v) is 13.9. The van der Waals surface area contributed by atoms with Crippen LogP contribution in [0.3, 0.4) is 0 Å². The van der Waals surface area contributed by atoms with Crippen LogP contribution in [0.2, 0.25) is 19.6 Å². The summed E-state index contributed by atoms with van der Waals surface area (Å²) in [6.45, 7) is 19.2. The molecule has 86 heavy (non-hydrogen) atoms. The SMILES string of the molecule is C=CCO[Si](c1ccccc1)(c1ccccc1)c1ccccc1.C=CCO[Si](c1ccccc1)c1ccccc1.N#N.[CH2-][Si](C)(C)C.[CH3-].[Co].[Co].c1ccc(-c2cccc(-c3ccccn3)n2)nc1.c1ccc(-c2cccc(-c3ccccn3)n2)nc1. The van der Waals surface area contributed by atoms with E-state index in [0.29, 0.717) is 13.2 Å². The Bertz CT molecular complexity index is 3200. The first-order chi connectivity index (χ1) is 40.7. The van der Waals surface area contributed by atoms with E-state index in [2.05, 4.69) is 191 Å². The first-order valence-electron chi connectivity index (χ1n) is 26.9. The monoisotopic (exact) mass is 1270 g/mol. The molecule has 6 aromatic heterocycles. The van der Waals surface area contributed by atoms with Gasteiger partial charge in [-0.3, -0.25) is 19.9 Å². The van der Waals surface area contributed by atoms with Crippen LogP contribution in [-0.2, 0) is 42.4 Å². The summed E-state index contributed by atoms with van der Waals surface area (Å²) in [7, 11) is -4.51. The van der Waals surface area contributed by atoms with Gasteiger partial charge in [-0.05, 0) is 98.7 Å². The summed E-state index contributed by atoms with van der Waals surface area (Å²) < 4.78 is 12.5. The molecule has 0 saturated heterocycles. The molecule has 10 nitrogen and oxygen atoms in total. The van der Waals surface area contributed by atoms with Crippen LogP contribution >= 0.6 is 0 Å². The number of nitrogens with zero attached hydrogens (tertiary/aromatic N) is 8. The van der Waals surface area contributed by atoms with Crippen molar-refractivity contribution in [3.8, 4) is 45.6 Å². The van der Waals surface area contributed by atoms with E-state index in [1.54, 1.807) is 30.9 Å². The molecule has 0 aliphatic carbocycles. The molecule has 11 aromatic rings. The zero-order chi connectivity index (χ0) is 58.8. The summed E-state index contributed by atoms with van der Waals surface area (Å²) >= 11 is 0. The van der Waals surface area contributed by atoms with Crippen LogP contribution < -0.4 is 25.9 Å². The number of hydrogen-bond acceptors (Lipinski definition) is 10. The van der Waals surface area contributed by atoms with Gasteiger partial charge in [-0.1, -0.05) is 220 Å². The summed E-state index contributed by atoms with van der Waals surface area (Å²) in [5.41, 5.74) is 6.92. The van der Waals surface area contributed by atoms with Crippen LogP contribution in [0, 0.1) is 24.8 Å². The zero-order valence-corrected chi connectivity index (χ0v) is 54.0. The zero-order valence-electron chi connectivity index (χ0n) is 48.9. The van der Waals surface area contributed by atoms with Gasteiger partial charge in [-0.15, -0.1) is 21.2 Å². The maximum absolute atomic E-state index is 6.56. The van der Waals surface area contributed by atoms with E-state index in [9.17, 15) is 0 Å². The van der Waals surface area contributed by atoms with E-state index in [4.69, 9.17) is 19.6 Å². The number of rotatable bonds is 15. The van der Waals surface area contributed by atoms with Crippen molar-refractivity contribution < 1.29 is 42.4 Å². The number of benzene rings is 5. The average molecular weight is 1270 g/mol. The Morgan fingerprint density at radius 1 is 0.384 bits per heavy atom. The van der Waals surface area contributed by atoms with Crippen molar-refractivity contribution in [2.45, 2.75) is 19.6 Å². The third kappa shape index (κ3) is 23.2. The first-order valence-corrected chi connectivity index (χ1v) is 34.0. The second-order valence-electron chi connectivity index (χ2n) is 19.3. The van der Waals surface area contributed by atoms with E-state index in [1.165, 1.54) is 25.9 Å². The molecule has 3 radical (unpaired) electrons. The van der Waals surface area contributed by atoms with Gasteiger partial charge in [0.25, 0.3) is 17.4 Å². The molecule has 6 heterocycles. The number of aromatic nitrogens is 6. The van der Waals surface area contributed by atoms with Gasteiger partial charge >= 0.3 is 0 Å². The van der Waals surface area contributed by atoms with Crippen molar-refractivity contribution in [2.75, 3.05) is 13.2 Å². The minimum Gasteiger partial charge on any atom is -0.404 e. The molecule has 0 unspecified atom stereocenters. The summed E-state index contributed by atoms with van der Waals surface area (Å²) in [4.78, 5) is 26.4. The second-order valence-corrected chi connectivity index (χ2v) is 29.9. The Morgan fingerprint density at radius 3 is 0.872 bits per heavy atom. The standard InChI is InChI=1S/C21H20OSi.2C15H11N3.C15H15OSi.C4H11Si.CH3.2Co.N2/c1-2-18-22-23(19-12-6-3-7-13-19,20-14-8-4-9-15-20)21-16-10-5-11-17-21;2*1-3-10-16-12(6-1)14-8-5-9-15(18-14)13-7-2-4-11-17-13;1-2-13-16-17(14-9-5-3-6-10-14)15-11-7-4-8-12-15;1-5(2,3)4;;;;1-2/h2-17H,1,18H2;2*1-11H;2-12H,1,13H2;1H2,2-4H3;1H3;;;/q;;;;2*-1;;;. The fourth-order valence-electron chi connectivity index (χ4n) is 8.10. The molecule has 0 aliphatic rings. The molecule has 439 valence electrons.